The van der Waals surface area contributed by atoms with Crippen LogP contribution in [0.2, 0.25) is 0 Å². The van der Waals surface area contributed by atoms with Gasteiger partial charge in [0.25, 0.3) is 5.91 Å². The lowest BCUT2D eigenvalue weighted by Crippen LogP contribution is -2.39. The molecular formula is C30H38N6O4. The molecule has 10 nitrogen and oxygen atoms in total. The predicted octanol–water partition coefficient (Wildman–Crippen LogP) is 4.68. The molecule has 4 N–H and O–H groups in total. The minimum absolute atomic E-state index is 0.0501. The van der Waals surface area contributed by atoms with Crippen LogP contribution < -0.4 is 21.3 Å². The normalized spacial score (nSPS) is 11.8. The van der Waals surface area contributed by atoms with Gasteiger partial charge in [-0.1, -0.05) is 39.8 Å². The van der Waals surface area contributed by atoms with Crippen molar-refractivity contribution in [3.8, 4) is 11.3 Å². The summed E-state index contributed by atoms with van der Waals surface area (Å²) < 4.78 is 4.98. The van der Waals surface area contributed by atoms with Crippen LogP contribution in [0.4, 0.5) is 16.3 Å². The standard InChI is InChI=1S/C30H38N6O4/c1-7-27(37)36(6)24-12-10-21(14-19(24)2)23-11-9-22(17-32-23)28(38)34-16-20-8-13-26(33-15-20)35-25(30(3,4)5)18-40-29(31)39/h8-15,17,25H,7,16,18H2,1-6H3,(H2,31,39)(H,33,35)(H,34,38). The maximum Gasteiger partial charge on any atom is 0.404 e. The molecule has 3 aromatic rings. The zero-order valence-electron chi connectivity index (χ0n) is 23.9. The summed E-state index contributed by atoms with van der Waals surface area (Å²) in [5, 5.41) is 6.16. The van der Waals surface area contributed by atoms with E-state index in [1.54, 1.807) is 36.5 Å². The van der Waals surface area contributed by atoms with Crippen LogP contribution in [0.3, 0.4) is 0 Å². The number of carbonyl (C=O) groups is 3. The first-order valence-corrected chi connectivity index (χ1v) is 13.1. The van der Waals surface area contributed by atoms with Crippen LogP contribution in [-0.2, 0) is 16.1 Å². The second-order valence-corrected chi connectivity index (χ2v) is 10.7. The molecule has 3 amide bonds. The maximum absolute atomic E-state index is 12.7. The van der Waals surface area contributed by atoms with Gasteiger partial charge in [0.05, 0.1) is 17.3 Å². The fraction of sp³-hybridized carbons (Fsp3) is 0.367. The SMILES string of the molecule is CCC(=O)N(C)c1ccc(-c2ccc(C(=O)NCc3ccc(NC(COC(N)=O)C(C)(C)C)nc3)cn2)cc1C. The number of aromatic nitrogens is 2. The number of ether oxygens (including phenoxy) is 1. The fourth-order valence-corrected chi connectivity index (χ4v) is 4.01. The highest BCUT2D eigenvalue weighted by Crippen LogP contribution is 2.26. The third-order valence-electron chi connectivity index (χ3n) is 6.59. The average Bonchev–Trinajstić information content (AvgIpc) is 2.93. The van der Waals surface area contributed by atoms with Gasteiger partial charge < -0.3 is 26.0 Å². The van der Waals surface area contributed by atoms with Crippen molar-refractivity contribution >= 4 is 29.4 Å². The van der Waals surface area contributed by atoms with Crippen molar-refractivity contribution in [1.29, 1.82) is 0 Å². The molecule has 1 aromatic carbocycles. The van der Waals surface area contributed by atoms with Gasteiger partial charge in [0.2, 0.25) is 5.91 Å². The number of aryl methyl sites for hydroxylation is 1. The number of anilines is 2. The molecule has 1 atom stereocenters. The van der Waals surface area contributed by atoms with Gasteiger partial charge in [-0.3, -0.25) is 14.6 Å². The average molecular weight is 547 g/mol. The molecular weight excluding hydrogens is 508 g/mol. The smallest absolute Gasteiger partial charge is 0.404 e. The van der Waals surface area contributed by atoms with E-state index >= 15 is 0 Å². The minimum Gasteiger partial charge on any atom is -0.448 e. The number of nitrogens with two attached hydrogens (primary N) is 1. The maximum atomic E-state index is 12.7. The van der Waals surface area contributed by atoms with Gasteiger partial charge in [0.15, 0.2) is 0 Å². The third kappa shape index (κ3) is 8.02. The lowest BCUT2D eigenvalue weighted by Gasteiger charge is -2.31. The highest BCUT2D eigenvalue weighted by Gasteiger charge is 2.26. The number of carbonyl (C=O) groups excluding carboxylic acids is 3. The number of benzene rings is 1. The fourth-order valence-electron chi connectivity index (χ4n) is 4.01. The molecule has 212 valence electrons. The van der Waals surface area contributed by atoms with Crippen molar-refractivity contribution in [2.24, 2.45) is 11.1 Å². The summed E-state index contributed by atoms with van der Waals surface area (Å²) in [5.41, 5.74) is 9.63. The van der Waals surface area contributed by atoms with Gasteiger partial charge in [-0.05, 0) is 53.8 Å². The Balaban J connectivity index is 1.59. The second-order valence-electron chi connectivity index (χ2n) is 10.7. The van der Waals surface area contributed by atoms with Crippen molar-refractivity contribution in [1.82, 2.24) is 15.3 Å². The zero-order chi connectivity index (χ0) is 29.4. The Bertz CT molecular complexity index is 1330. The third-order valence-corrected chi connectivity index (χ3v) is 6.59. The van der Waals surface area contributed by atoms with E-state index < -0.39 is 6.09 Å². The molecule has 40 heavy (non-hydrogen) atoms. The minimum atomic E-state index is -0.821. The van der Waals surface area contributed by atoms with Crippen molar-refractivity contribution in [3.63, 3.8) is 0 Å². The van der Waals surface area contributed by atoms with Crippen LogP contribution in [0.5, 0.6) is 0 Å². The number of nitrogens with one attached hydrogen (secondary N) is 2. The van der Waals surface area contributed by atoms with Gasteiger partial charge >= 0.3 is 6.09 Å². The topological polar surface area (TPSA) is 140 Å². The molecule has 2 heterocycles. The molecule has 0 fully saturated rings. The number of primary amides is 1. The van der Waals surface area contributed by atoms with Gasteiger partial charge in [-0.25, -0.2) is 9.78 Å². The van der Waals surface area contributed by atoms with E-state index in [0.717, 1.165) is 28.1 Å². The van der Waals surface area contributed by atoms with Crippen LogP contribution in [-0.4, -0.2) is 47.6 Å². The largest absolute Gasteiger partial charge is 0.448 e. The molecule has 0 radical (unpaired) electrons. The lowest BCUT2D eigenvalue weighted by atomic mass is 9.87. The predicted molar refractivity (Wildman–Crippen MR) is 156 cm³/mol. The molecule has 3 rings (SSSR count). The Hall–Kier alpha value is -4.47. The van der Waals surface area contributed by atoms with E-state index in [1.165, 1.54) is 0 Å². The van der Waals surface area contributed by atoms with Crippen molar-refractivity contribution in [3.05, 3.63) is 71.5 Å². The second kappa shape index (κ2) is 13.1. The Morgan fingerprint density at radius 3 is 2.35 bits per heavy atom. The van der Waals surface area contributed by atoms with Gasteiger partial charge in [-0.2, -0.15) is 0 Å². The van der Waals surface area contributed by atoms with E-state index in [2.05, 4.69) is 20.6 Å². The van der Waals surface area contributed by atoms with Crippen LogP contribution in [0.25, 0.3) is 11.3 Å². The summed E-state index contributed by atoms with van der Waals surface area (Å²) in [5.74, 6) is 0.424. The number of nitrogens with zero attached hydrogens (tertiary/aromatic N) is 3. The first-order chi connectivity index (χ1) is 18.9. The van der Waals surface area contributed by atoms with Gasteiger partial charge in [-0.15, -0.1) is 0 Å². The summed E-state index contributed by atoms with van der Waals surface area (Å²) in [6, 6.07) is 12.8. The van der Waals surface area contributed by atoms with Crippen molar-refractivity contribution < 1.29 is 19.1 Å². The van der Waals surface area contributed by atoms with E-state index in [1.807, 2.05) is 65.0 Å². The quantitative estimate of drug-likeness (QED) is 0.336. The van der Waals surface area contributed by atoms with Crippen LogP contribution >= 0.6 is 0 Å². The van der Waals surface area contributed by atoms with Crippen LogP contribution in [0.1, 0.15) is 55.6 Å². The van der Waals surface area contributed by atoms with E-state index in [-0.39, 0.29) is 29.9 Å². The molecule has 0 saturated carbocycles. The summed E-state index contributed by atoms with van der Waals surface area (Å²) in [4.78, 5) is 46.3. The molecule has 0 aliphatic heterocycles. The van der Waals surface area contributed by atoms with Crippen molar-refractivity contribution in [2.45, 2.75) is 53.6 Å². The molecule has 2 aromatic heterocycles. The number of pyridine rings is 2. The first-order valence-electron chi connectivity index (χ1n) is 13.1. The summed E-state index contributed by atoms with van der Waals surface area (Å²) in [6.07, 6.45) is 2.84. The molecule has 0 saturated heterocycles. The highest BCUT2D eigenvalue weighted by atomic mass is 16.5. The summed E-state index contributed by atoms with van der Waals surface area (Å²) >= 11 is 0. The zero-order valence-corrected chi connectivity index (χ0v) is 23.9. The number of amides is 3. The molecule has 10 heteroatoms. The number of hydrogen-bond acceptors (Lipinski definition) is 7. The molecule has 0 spiro atoms. The number of hydrogen-bond donors (Lipinski definition) is 3. The van der Waals surface area contributed by atoms with Crippen LogP contribution in [0.15, 0.2) is 54.9 Å². The molecule has 0 aliphatic rings. The lowest BCUT2D eigenvalue weighted by molar-refractivity contribution is -0.118. The Morgan fingerprint density at radius 2 is 1.80 bits per heavy atom. The molecule has 0 aliphatic carbocycles. The Labute approximate surface area is 235 Å². The van der Waals surface area contributed by atoms with Crippen LogP contribution in [0, 0.1) is 12.3 Å². The number of rotatable bonds is 10. The first kappa shape index (κ1) is 30.1. The van der Waals surface area contributed by atoms with E-state index in [0.29, 0.717) is 24.3 Å². The van der Waals surface area contributed by atoms with Gasteiger partial charge in [0, 0.05) is 43.7 Å². The van der Waals surface area contributed by atoms with E-state index in [4.69, 9.17) is 10.5 Å². The monoisotopic (exact) mass is 546 g/mol. The Kier molecular flexibility index (Phi) is 9.82. The summed E-state index contributed by atoms with van der Waals surface area (Å²) in [6.45, 7) is 10.3. The Morgan fingerprint density at radius 1 is 1.05 bits per heavy atom. The molecule has 0 bridgehead atoms. The summed E-state index contributed by atoms with van der Waals surface area (Å²) in [7, 11) is 1.77. The highest BCUT2D eigenvalue weighted by molar-refractivity contribution is 5.94. The molecule has 1 unspecified atom stereocenters. The van der Waals surface area contributed by atoms with Crippen molar-refractivity contribution in [2.75, 3.05) is 23.9 Å². The van der Waals surface area contributed by atoms with E-state index in [9.17, 15) is 14.4 Å². The van der Waals surface area contributed by atoms with Gasteiger partial charge in [0.1, 0.15) is 12.4 Å².